The summed E-state index contributed by atoms with van der Waals surface area (Å²) < 4.78 is 25.7. The quantitative estimate of drug-likeness (QED) is 0.472. The maximum atomic E-state index is 12.3. The Kier molecular flexibility index (Phi) is 4.45. The summed E-state index contributed by atoms with van der Waals surface area (Å²) in [4.78, 5) is 9.91. The number of rotatable bonds is 5. The number of nitrogens with zero attached hydrogens (tertiary/aromatic N) is 2. The van der Waals surface area contributed by atoms with Crippen LogP contribution in [0.3, 0.4) is 0 Å². The average Bonchev–Trinajstić information content (AvgIpc) is 2.36. The zero-order chi connectivity index (χ0) is 14.8. The fourth-order valence-electron chi connectivity index (χ4n) is 1.47. The Labute approximate surface area is 111 Å². The summed E-state index contributed by atoms with van der Waals surface area (Å²) >= 11 is 0. The molecule has 0 aliphatic carbocycles. The lowest BCUT2D eigenvalue weighted by Crippen LogP contribution is -2.33. The minimum atomic E-state index is -3.95. The van der Waals surface area contributed by atoms with Gasteiger partial charge in [-0.2, -0.15) is 4.31 Å². The van der Waals surface area contributed by atoms with Gasteiger partial charge in [-0.15, -0.1) is 0 Å². The molecule has 0 saturated carbocycles. The number of nitro benzene ring substituents is 1. The fraction of sp³-hybridized carbons (Fsp3) is 0.400. The second-order valence-electron chi connectivity index (χ2n) is 4.17. The summed E-state index contributed by atoms with van der Waals surface area (Å²) in [6.45, 7) is 3.35. The van der Waals surface area contributed by atoms with Gasteiger partial charge in [0.15, 0.2) is 4.90 Å². The van der Waals surface area contributed by atoms with Crippen molar-refractivity contribution in [3.63, 3.8) is 0 Å². The molecule has 0 radical (unpaired) electrons. The Morgan fingerprint density at radius 3 is 2.42 bits per heavy atom. The van der Waals surface area contributed by atoms with Crippen LogP contribution in [-0.2, 0) is 10.0 Å². The van der Waals surface area contributed by atoms with Gasteiger partial charge in [-0.25, -0.2) is 8.42 Å². The molecule has 0 aromatic heterocycles. The number of nitrogen functional groups attached to an aromatic ring is 1. The maximum absolute atomic E-state index is 12.3. The van der Waals surface area contributed by atoms with Crippen molar-refractivity contribution in [3.05, 3.63) is 28.3 Å². The topological polar surface area (TPSA) is 119 Å². The molecule has 1 rings (SSSR count). The molecule has 0 aliphatic rings. The lowest BCUT2D eigenvalue weighted by Gasteiger charge is -2.21. The first-order valence-electron chi connectivity index (χ1n) is 5.45. The SMILES string of the molecule is CC(C)N(C)S(=O)(=O)c1cccc(NN)c1[N+](=O)[O-]. The van der Waals surface area contributed by atoms with Crippen molar-refractivity contribution in [2.24, 2.45) is 5.84 Å². The molecule has 0 unspecified atom stereocenters. The van der Waals surface area contributed by atoms with Gasteiger partial charge in [-0.05, 0) is 26.0 Å². The van der Waals surface area contributed by atoms with E-state index in [-0.39, 0.29) is 16.6 Å². The van der Waals surface area contributed by atoms with Gasteiger partial charge in [0, 0.05) is 13.1 Å². The van der Waals surface area contributed by atoms with E-state index < -0.39 is 20.6 Å². The number of benzene rings is 1. The minimum Gasteiger partial charge on any atom is -0.318 e. The van der Waals surface area contributed by atoms with Crippen LogP contribution in [0.5, 0.6) is 0 Å². The normalized spacial score (nSPS) is 11.9. The third-order valence-corrected chi connectivity index (χ3v) is 4.79. The molecule has 0 atom stereocenters. The molecular weight excluding hydrogens is 272 g/mol. The van der Waals surface area contributed by atoms with E-state index >= 15 is 0 Å². The zero-order valence-corrected chi connectivity index (χ0v) is 11.6. The number of anilines is 1. The van der Waals surface area contributed by atoms with Crippen LogP contribution in [0.25, 0.3) is 0 Å². The smallest absolute Gasteiger partial charge is 0.313 e. The maximum Gasteiger partial charge on any atom is 0.313 e. The second kappa shape index (κ2) is 5.51. The van der Waals surface area contributed by atoms with Gasteiger partial charge >= 0.3 is 5.69 Å². The van der Waals surface area contributed by atoms with Gasteiger partial charge < -0.3 is 5.43 Å². The number of nitrogens with two attached hydrogens (primary N) is 1. The molecule has 1 aromatic rings. The summed E-state index contributed by atoms with van der Waals surface area (Å²) in [7, 11) is -2.58. The second-order valence-corrected chi connectivity index (χ2v) is 6.13. The van der Waals surface area contributed by atoms with Crippen molar-refractivity contribution in [1.82, 2.24) is 4.31 Å². The van der Waals surface area contributed by atoms with Crippen LogP contribution in [0.15, 0.2) is 23.1 Å². The highest BCUT2D eigenvalue weighted by molar-refractivity contribution is 7.89. The number of nitro groups is 1. The first-order valence-corrected chi connectivity index (χ1v) is 6.89. The molecule has 0 bridgehead atoms. The molecule has 0 aliphatic heterocycles. The van der Waals surface area contributed by atoms with E-state index in [4.69, 9.17) is 5.84 Å². The highest BCUT2D eigenvalue weighted by Gasteiger charge is 2.32. The minimum absolute atomic E-state index is 0.0526. The summed E-state index contributed by atoms with van der Waals surface area (Å²) in [5, 5.41) is 11.1. The summed E-state index contributed by atoms with van der Waals surface area (Å²) in [5.74, 6) is 5.17. The number of sulfonamides is 1. The molecule has 19 heavy (non-hydrogen) atoms. The fourth-order valence-corrected chi connectivity index (χ4v) is 3.01. The van der Waals surface area contributed by atoms with Crippen LogP contribution < -0.4 is 11.3 Å². The van der Waals surface area contributed by atoms with Crippen molar-refractivity contribution in [2.75, 3.05) is 12.5 Å². The van der Waals surface area contributed by atoms with Crippen LogP contribution in [-0.4, -0.2) is 30.7 Å². The zero-order valence-electron chi connectivity index (χ0n) is 10.8. The van der Waals surface area contributed by atoms with Crippen molar-refractivity contribution in [3.8, 4) is 0 Å². The van der Waals surface area contributed by atoms with Gasteiger partial charge in [0.2, 0.25) is 10.0 Å². The van der Waals surface area contributed by atoms with Crippen LogP contribution in [0.1, 0.15) is 13.8 Å². The first kappa shape index (κ1) is 15.3. The van der Waals surface area contributed by atoms with Gasteiger partial charge in [0.1, 0.15) is 5.69 Å². The number of nitrogens with one attached hydrogen (secondary N) is 1. The molecule has 0 amide bonds. The molecule has 0 spiro atoms. The molecule has 8 nitrogen and oxygen atoms in total. The third kappa shape index (κ3) is 2.83. The highest BCUT2D eigenvalue weighted by Crippen LogP contribution is 2.33. The highest BCUT2D eigenvalue weighted by atomic mass is 32.2. The van der Waals surface area contributed by atoms with E-state index in [2.05, 4.69) is 5.43 Å². The van der Waals surface area contributed by atoms with Crippen LogP contribution in [0.4, 0.5) is 11.4 Å². The first-order chi connectivity index (χ1) is 8.73. The Bertz CT molecular complexity index is 585. The average molecular weight is 288 g/mol. The number of para-hydroxylation sites is 1. The molecule has 106 valence electrons. The number of hydrazine groups is 1. The molecule has 9 heteroatoms. The van der Waals surface area contributed by atoms with Gasteiger partial charge in [0.05, 0.1) is 4.92 Å². The monoisotopic (exact) mass is 288 g/mol. The van der Waals surface area contributed by atoms with Crippen molar-refractivity contribution in [1.29, 1.82) is 0 Å². The predicted molar refractivity (Wildman–Crippen MR) is 71.0 cm³/mol. The molecule has 0 saturated heterocycles. The Morgan fingerprint density at radius 2 is 2.00 bits per heavy atom. The summed E-state index contributed by atoms with van der Waals surface area (Å²) in [6.07, 6.45) is 0. The largest absolute Gasteiger partial charge is 0.318 e. The molecule has 0 heterocycles. The van der Waals surface area contributed by atoms with E-state index in [1.54, 1.807) is 13.8 Å². The van der Waals surface area contributed by atoms with Crippen molar-refractivity contribution < 1.29 is 13.3 Å². The Hall–Kier alpha value is -1.71. The standard InChI is InChI=1S/C10H16N4O4S/c1-7(2)13(3)19(17,18)9-6-4-5-8(12-11)10(9)14(15)16/h4-7,12H,11H2,1-3H3. The van der Waals surface area contributed by atoms with E-state index in [9.17, 15) is 18.5 Å². The van der Waals surface area contributed by atoms with Crippen molar-refractivity contribution >= 4 is 21.4 Å². The Morgan fingerprint density at radius 1 is 1.42 bits per heavy atom. The molecule has 0 fully saturated rings. The van der Waals surface area contributed by atoms with Gasteiger partial charge in [0.25, 0.3) is 0 Å². The number of hydrogen-bond donors (Lipinski definition) is 2. The predicted octanol–water partition coefficient (Wildman–Crippen LogP) is 0.909. The lowest BCUT2D eigenvalue weighted by molar-refractivity contribution is -0.386. The summed E-state index contributed by atoms with van der Waals surface area (Å²) in [5.41, 5.74) is 1.52. The van der Waals surface area contributed by atoms with Gasteiger partial charge in [-0.3, -0.25) is 16.0 Å². The lowest BCUT2D eigenvalue weighted by atomic mass is 10.3. The van der Waals surface area contributed by atoms with Crippen LogP contribution in [0.2, 0.25) is 0 Å². The van der Waals surface area contributed by atoms with Crippen molar-refractivity contribution in [2.45, 2.75) is 24.8 Å². The summed E-state index contributed by atoms with van der Waals surface area (Å²) in [6, 6.07) is 3.60. The van der Waals surface area contributed by atoms with Crippen LogP contribution >= 0.6 is 0 Å². The van der Waals surface area contributed by atoms with E-state index in [1.807, 2.05) is 0 Å². The molecular formula is C10H16N4O4S. The number of hydrogen-bond acceptors (Lipinski definition) is 6. The van der Waals surface area contributed by atoms with Gasteiger partial charge in [-0.1, -0.05) is 6.07 Å². The van der Waals surface area contributed by atoms with Crippen LogP contribution in [0, 0.1) is 10.1 Å². The van der Waals surface area contributed by atoms with E-state index in [1.165, 1.54) is 25.2 Å². The Balaban J connectivity index is 3.56. The molecule has 1 aromatic carbocycles. The van der Waals surface area contributed by atoms with E-state index in [0.29, 0.717) is 0 Å². The third-order valence-electron chi connectivity index (χ3n) is 2.72. The molecule has 3 N–H and O–H groups in total. The van der Waals surface area contributed by atoms with E-state index in [0.717, 1.165) is 4.31 Å².